The average Bonchev–Trinajstić information content (AvgIpc) is 2.50. The third kappa shape index (κ3) is 4.87. The van der Waals surface area contributed by atoms with E-state index in [1.165, 1.54) is 0 Å². The molecule has 18 heavy (non-hydrogen) atoms. The van der Waals surface area contributed by atoms with E-state index in [-0.39, 0.29) is 23.3 Å². The first-order chi connectivity index (χ1) is 8.41. The number of hydrogen-bond donors (Lipinski definition) is 2. The minimum Gasteiger partial charge on any atom is -0.393 e. The van der Waals surface area contributed by atoms with Crippen molar-refractivity contribution >= 4 is 11.6 Å². The number of aliphatic hydroxyl groups excluding tert-OH is 2. The molecule has 0 heterocycles. The molecule has 0 bridgehead atoms. The molecular formula is C14H24ClFO2. The summed E-state index contributed by atoms with van der Waals surface area (Å²) in [6, 6.07) is 0. The molecule has 0 aromatic carbocycles. The van der Waals surface area contributed by atoms with Gasteiger partial charge in [0.1, 0.15) is 6.17 Å². The minimum absolute atomic E-state index is 0.109. The highest BCUT2D eigenvalue weighted by molar-refractivity contribution is 6.21. The first-order valence-corrected chi connectivity index (χ1v) is 7.18. The highest BCUT2D eigenvalue weighted by atomic mass is 35.5. The number of alkyl halides is 2. The molecule has 2 N–H and O–H groups in total. The van der Waals surface area contributed by atoms with Crippen LogP contribution in [-0.4, -0.2) is 34.0 Å². The lowest BCUT2D eigenvalue weighted by molar-refractivity contribution is 0.163. The van der Waals surface area contributed by atoms with E-state index in [9.17, 15) is 9.50 Å². The van der Waals surface area contributed by atoms with Gasteiger partial charge >= 0.3 is 0 Å². The number of rotatable bonds is 6. The van der Waals surface area contributed by atoms with Crippen molar-refractivity contribution < 1.29 is 14.6 Å². The second-order valence-corrected chi connectivity index (χ2v) is 6.00. The van der Waals surface area contributed by atoms with Gasteiger partial charge in [0.2, 0.25) is 0 Å². The average molecular weight is 279 g/mol. The summed E-state index contributed by atoms with van der Waals surface area (Å²) >= 11 is 6.02. The van der Waals surface area contributed by atoms with Crippen LogP contribution in [0.1, 0.15) is 39.5 Å². The lowest BCUT2D eigenvalue weighted by Crippen LogP contribution is -2.14. The van der Waals surface area contributed by atoms with Crippen LogP contribution in [0.4, 0.5) is 4.39 Å². The van der Waals surface area contributed by atoms with Gasteiger partial charge in [-0.05, 0) is 38.5 Å². The van der Waals surface area contributed by atoms with Gasteiger partial charge in [-0.2, -0.15) is 0 Å². The molecule has 0 aromatic heterocycles. The van der Waals surface area contributed by atoms with Crippen molar-refractivity contribution in [3.05, 3.63) is 12.2 Å². The summed E-state index contributed by atoms with van der Waals surface area (Å²) in [7, 11) is 0. The molecular weight excluding hydrogens is 255 g/mol. The number of aliphatic hydroxyl groups is 2. The van der Waals surface area contributed by atoms with Crippen molar-refractivity contribution in [3.63, 3.8) is 0 Å². The smallest absolute Gasteiger partial charge is 0.108 e. The molecule has 6 atom stereocenters. The Hall–Kier alpha value is -0.120. The molecule has 4 heteroatoms. The first-order valence-electron chi connectivity index (χ1n) is 6.74. The van der Waals surface area contributed by atoms with Crippen molar-refractivity contribution in [3.8, 4) is 0 Å². The molecule has 0 saturated heterocycles. The monoisotopic (exact) mass is 278 g/mol. The lowest BCUT2D eigenvalue weighted by Gasteiger charge is -2.15. The summed E-state index contributed by atoms with van der Waals surface area (Å²) in [5, 5.41) is 18.7. The fourth-order valence-corrected chi connectivity index (χ4v) is 2.77. The van der Waals surface area contributed by atoms with Gasteiger partial charge in [0.25, 0.3) is 0 Å². The number of hydrogen-bond acceptors (Lipinski definition) is 2. The van der Waals surface area contributed by atoms with Gasteiger partial charge < -0.3 is 10.2 Å². The van der Waals surface area contributed by atoms with E-state index in [0.717, 1.165) is 6.42 Å². The third-order valence-corrected chi connectivity index (χ3v) is 4.30. The normalized spacial score (nSPS) is 36.1. The summed E-state index contributed by atoms with van der Waals surface area (Å²) in [5.74, 6) is -0.0681. The molecule has 2 nitrogen and oxygen atoms in total. The van der Waals surface area contributed by atoms with Crippen molar-refractivity contribution in [2.45, 2.75) is 63.3 Å². The van der Waals surface area contributed by atoms with Crippen molar-refractivity contribution in [2.75, 3.05) is 0 Å². The Morgan fingerprint density at radius 2 is 2.06 bits per heavy atom. The third-order valence-electron chi connectivity index (χ3n) is 3.72. The van der Waals surface area contributed by atoms with Gasteiger partial charge in [-0.1, -0.05) is 19.1 Å². The van der Waals surface area contributed by atoms with Gasteiger partial charge in [0.05, 0.1) is 12.2 Å². The van der Waals surface area contributed by atoms with Crippen LogP contribution in [0.25, 0.3) is 0 Å². The summed E-state index contributed by atoms with van der Waals surface area (Å²) in [6.45, 7) is 3.68. The maximum atomic E-state index is 13.6. The molecule has 106 valence electrons. The van der Waals surface area contributed by atoms with E-state index in [2.05, 4.69) is 0 Å². The number of halogens is 2. The van der Waals surface area contributed by atoms with Crippen LogP contribution in [0.2, 0.25) is 0 Å². The topological polar surface area (TPSA) is 40.5 Å². The standard InChI is InChI=1S/C14H24ClFO2/c1-9(17)4-3-5-11(18)6-7-12-10(2)13(15)8-14(12)16/h6-7,9-14,17-18H,3-5,8H2,1-2H3/b7-6+/t9-,10-,11+,12-,13-,14-/m1/s1. The highest BCUT2D eigenvalue weighted by Gasteiger charge is 2.38. The van der Waals surface area contributed by atoms with Crippen molar-refractivity contribution in [1.82, 2.24) is 0 Å². The summed E-state index contributed by atoms with van der Waals surface area (Å²) < 4.78 is 13.6. The SMILES string of the molecule is C[C@@H]1[C@@H](/C=C/[C@@H](O)CCC[C@@H](C)O)[C@H](F)C[C@H]1Cl. The second kappa shape index (κ2) is 7.46. The van der Waals surface area contributed by atoms with Crippen LogP contribution in [0, 0.1) is 11.8 Å². The van der Waals surface area contributed by atoms with E-state index in [4.69, 9.17) is 16.7 Å². The zero-order valence-electron chi connectivity index (χ0n) is 11.1. The zero-order valence-corrected chi connectivity index (χ0v) is 11.9. The van der Waals surface area contributed by atoms with Crippen LogP contribution in [0.15, 0.2) is 12.2 Å². The lowest BCUT2D eigenvalue weighted by atomic mass is 9.95. The molecule has 0 amide bonds. The quantitative estimate of drug-likeness (QED) is 0.579. The summed E-state index contributed by atoms with van der Waals surface area (Å²) in [5.41, 5.74) is 0. The molecule has 1 aliphatic rings. The number of allylic oxidation sites excluding steroid dienone is 1. The Balaban J connectivity index is 2.34. The minimum atomic E-state index is -0.900. The van der Waals surface area contributed by atoms with Crippen LogP contribution < -0.4 is 0 Å². The van der Waals surface area contributed by atoms with Gasteiger partial charge in [0.15, 0.2) is 0 Å². The molecule has 0 aliphatic heterocycles. The molecule has 1 aliphatic carbocycles. The Morgan fingerprint density at radius 1 is 1.39 bits per heavy atom. The van der Waals surface area contributed by atoms with Crippen LogP contribution >= 0.6 is 11.6 Å². The maximum Gasteiger partial charge on any atom is 0.108 e. The fraction of sp³-hybridized carbons (Fsp3) is 0.857. The van der Waals surface area contributed by atoms with Gasteiger partial charge in [-0.3, -0.25) is 0 Å². The Labute approximate surface area is 114 Å². The van der Waals surface area contributed by atoms with E-state index >= 15 is 0 Å². The van der Waals surface area contributed by atoms with E-state index in [1.807, 2.05) is 6.92 Å². The van der Waals surface area contributed by atoms with Crippen LogP contribution in [-0.2, 0) is 0 Å². The Morgan fingerprint density at radius 3 is 2.56 bits per heavy atom. The molecule has 0 radical (unpaired) electrons. The second-order valence-electron chi connectivity index (χ2n) is 5.44. The van der Waals surface area contributed by atoms with E-state index in [0.29, 0.717) is 19.3 Å². The molecule has 1 fully saturated rings. The van der Waals surface area contributed by atoms with E-state index in [1.54, 1.807) is 19.1 Å². The maximum absolute atomic E-state index is 13.6. The van der Waals surface area contributed by atoms with Crippen LogP contribution in [0.3, 0.4) is 0 Å². The largest absolute Gasteiger partial charge is 0.393 e. The first kappa shape index (κ1) is 15.9. The molecule has 0 unspecified atom stereocenters. The van der Waals surface area contributed by atoms with Gasteiger partial charge in [0, 0.05) is 11.3 Å². The van der Waals surface area contributed by atoms with Crippen molar-refractivity contribution in [1.29, 1.82) is 0 Å². The summed E-state index contributed by atoms with van der Waals surface area (Å²) in [4.78, 5) is 0. The predicted molar refractivity (Wildman–Crippen MR) is 72.5 cm³/mol. The summed E-state index contributed by atoms with van der Waals surface area (Å²) in [6.07, 6.45) is 4.10. The Kier molecular flexibility index (Phi) is 6.61. The Bertz CT molecular complexity index is 271. The van der Waals surface area contributed by atoms with Crippen molar-refractivity contribution in [2.24, 2.45) is 11.8 Å². The molecule has 0 aromatic rings. The molecule has 1 rings (SSSR count). The fourth-order valence-electron chi connectivity index (χ4n) is 2.43. The van der Waals surface area contributed by atoms with Gasteiger partial charge in [-0.25, -0.2) is 4.39 Å². The van der Waals surface area contributed by atoms with Crippen LogP contribution in [0.5, 0.6) is 0 Å². The predicted octanol–water partition coefficient (Wildman–Crippen LogP) is 3.06. The zero-order chi connectivity index (χ0) is 13.7. The van der Waals surface area contributed by atoms with E-state index < -0.39 is 12.3 Å². The molecule has 1 saturated carbocycles. The van der Waals surface area contributed by atoms with Gasteiger partial charge in [-0.15, -0.1) is 11.6 Å². The highest BCUT2D eigenvalue weighted by Crippen LogP contribution is 2.38. The molecule has 0 spiro atoms.